The average molecular weight is 330 g/mol. The molecule has 0 atom stereocenters. The maximum Gasteiger partial charge on any atom is 0.137 e. The van der Waals surface area contributed by atoms with Crippen molar-refractivity contribution in [3.8, 4) is 11.3 Å². The SMILES string of the molecule is NCCCc1c(-c2ccc(Br)cc2)nc2ccccn12. The van der Waals surface area contributed by atoms with Crippen LogP contribution in [0.15, 0.2) is 53.1 Å². The number of hydrogen-bond donors (Lipinski definition) is 1. The molecule has 0 aliphatic carbocycles. The van der Waals surface area contributed by atoms with Gasteiger partial charge in [-0.25, -0.2) is 4.98 Å². The Morgan fingerprint density at radius 2 is 1.90 bits per heavy atom. The summed E-state index contributed by atoms with van der Waals surface area (Å²) in [6.45, 7) is 0.694. The van der Waals surface area contributed by atoms with Crippen LogP contribution < -0.4 is 5.73 Å². The lowest BCUT2D eigenvalue weighted by molar-refractivity contribution is 0.804. The van der Waals surface area contributed by atoms with Crippen LogP contribution in [0.5, 0.6) is 0 Å². The minimum Gasteiger partial charge on any atom is -0.330 e. The highest BCUT2D eigenvalue weighted by Gasteiger charge is 2.13. The summed E-state index contributed by atoms with van der Waals surface area (Å²) in [5.74, 6) is 0. The number of nitrogens with two attached hydrogens (primary N) is 1. The molecule has 1 aromatic carbocycles. The Balaban J connectivity index is 2.15. The van der Waals surface area contributed by atoms with Crippen molar-refractivity contribution in [3.63, 3.8) is 0 Å². The fourth-order valence-electron chi connectivity index (χ4n) is 2.39. The van der Waals surface area contributed by atoms with Crippen LogP contribution >= 0.6 is 15.9 Å². The van der Waals surface area contributed by atoms with Gasteiger partial charge in [0, 0.05) is 16.2 Å². The second-order valence-corrected chi connectivity index (χ2v) is 5.65. The van der Waals surface area contributed by atoms with Gasteiger partial charge in [0.15, 0.2) is 0 Å². The normalized spacial score (nSPS) is 11.1. The number of fused-ring (bicyclic) bond motifs is 1. The van der Waals surface area contributed by atoms with E-state index in [2.05, 4.69) is 38.7 Å². The zero-order valence-electron chi connectivity index (χ0n) is 11.1. The van der Waals surface area contributed by atoms with Gasteiger partial charge in [-0.3, -0.25) is 0 Å². The van der Waals surface area contributed by atoms with Gasteiger partial charge < -0.3 is 10.1 Å². The van der Waals surface area contributed by atoms with Crippen molar-refractivity contribution < 1.29 is 0 Å². The Morgan fingerprint density at radius 3 is 2.65 bits per heavy atom. The number of pyridine rings is 1. The molecule has 0 bridgehead atoms. The highest BCUT2D eigenvalue weighted by Crippen LogP contribution is 2.26. The molecular weight excluding hydrogens is 314 g/mol. The van der Waals surface area contributed by atoms with Gasteiger partial charge in [-0.2, -0.15) is 0 Å². The minimum absolute atomic E-state index is 0.694. The number of halogens is 1. The van der Waals surface area contributed by atoms with Crippen LogP contribution in [0.2, 0.25) is 0 Å². The molecule has 4 heteroatoms. The topological polar surface area (TPSA) is 43.3 Å². The molecule has 2 N–H and O–H groups in total. The van der Waals surface area contributed by atoms with E-state index < -0.39 is 0 Å². The summed E-state index contributed by atoms with van der Waals surface area (Å²) in [6, 6.07) is 14.4. The first-order valence-corrected chi connectivity index (χ1v) is 7.51. The summed E-state index contributed by atoms with van der Waals surface area (Å²) in [4.78, 5) is 4.77. The molecule has 0 saturated carbocycles. The van der Waals surface area contributed by atoms with Gasteiger partial charge >= 0.3 is 0 Å². The van der Waals surface area contributed by atoms with Crippen molar-refractivity contribution in [2.75, 3.05) is 6.54 Å². The standard InChI is InChI=1S/C16H16BrN3/c17-13-8-6-12(7-9-13)16-14(4-3-10-18)20-11-2-1-5-15(20)19-16/h1-2,5-9,11H,3-4,10,18H2. The van der Waals surface area contributed by atoms with Gasteiger partial charge in [0.2, 0.25) is 0 Å². The molecule has 3 aromatic rings. The first-order valence-electron chi connectivity index (χ1n) is 6.71. The first-order chi connectivity index (χ1) is 9.79. The highest BCUT2D eigenvalue weighted by atomic mass is 79.9. The fourth-order valence-corrected chi connectivity index (χ4v) is 2.66. The number of rotatable bonds is 4. The van der Waals surface area contributed by atoms with Crippen molar-refractivity contribution >= 4 is 21.6 Å². The Kier molecular flexibility index (Phi) is 3.85. The molecule has 3 nitrogen and oxygen atoms in total. The van der Waals surface area contributed by atoms with Crippen LogP contribution in [0, 0.1) is 0 Å². The lowest BCUT2D eigenvalue weighted by atomic mass is 10.1. The third kappa shape index (κ3) is 2.49. The quantitative estimate of drug-likeness (QED) is 0.793. The van der Waals surface area contributed by atoms with E-state index in [1.54, 1.807) is 0 Å². The lowest BCUT2D eigenvalue weighted by Crippen LogP contribution is -2.03. The van der Waals surface area contributed by atoms with Crippen LogP contribution in [0.3, 0.4) is 0 Å². The van der Waals surface area contributed by atoms with Crippen molar-refractivity contribution in [3.05, 3.63) is 58.8 Å². The monoisotopic (exact) mass is 329 g/mol. The molecule has 0 unspecified atom stereocenters. The van der Waals surface area contributed by atoms with E-state index in [-0.39, 0.29) is 0 Å². The van der Waals surface area contributed by atoms with Crippen molar-refractivity contribution in [1.29, 1.82) is 0 Å². The zero-order chi connectivity index (χ0) is 13.9. The number of imidazole rings is 1. The molecule has 0 aliphatic rings. The average Bonchev–Trinajstić information content (AvgIpc) is 2.84. The van der Waals surface area contributed by atoms with Crippen LogP contribution in [0.4, 0.5) is 0 Å². The van der Waals surface area contributed by atoms with E-state index in [1.165, 1.54) is 5.69 Å². The van der Waals surface area contributed by atoms with Crippen LogP contribution in [0.1, 0.15) is 12.1 Å². The summed E-state index contributed by atoms with van der Waals surface area (Å²) in [6.07, 6.45) is 3.97. The molecule has 0 spiro atoms. The zero-order valence-corrected chi connectivity index (χ0v) is 12.7. The van der Waals surface area contributed by atoms with E-state index in [1.807, 2.05) is 30.3 Å². The van der Waals surface area contributed by atoms with E-state index in [0.29, 0.717) is 6.54 Å². The van der Waals surface area contributed by atoms with Gasteiger partial charge in [-0.1, -0.05) is 34.1 Å². The van der Waals surface area contributed by atoms with Gasteiger partial charge in [0.05, 0.1) is 11.4 Å². The Bertz CT molecular complexity index is 716. The highest BCUT2D eigenvalue weighted by molar-refractivity contribution is 9.10. The fraction of sp³-hybridized carbons (Fsp3) is 0.188. The van der Waals surface area contributed by atoms with Crippen LogP contribution in [-0.4, -0.2) is 15.9 Å². The van der Waals surface area contributed by atoms with Gasteiger partial charge in [-0.15, -0.1) is 0 Å². The summed E-state index contributed by atoms with van der Waals surface area (Å²) in [7, 11) is 0. The maximum absolute atomic E-state index is 5.66. The second-order valence-electron chi connectivity index (χ2n) is 4.74. The first kappa shape index (κ1) is 13.3. The predicted octanol–water partition coefficient (Wildman–Crippen LogP) is 3.66. The van der Waals surface area contributed by atoms with E-state index in [0.717, 1.165) is 34.2 Å². The molecule has 0 radical (unpaired) electrons. The predicted molar refractivity (Wildman–Crippen MR) is 85.7 cm³/mol. The molecule has 3 rings (SSSR count). The number of nitrogens with zero attached hydrogens (tertiary/aromatic N) is 2. The molecule has 20 heavy (non-hydrogen) atoms. The Labute approximate surface area is 126 Å². The smallest absolute Gasteiger partial charge is 0.137 e. The number of hydrogen-bond acceptors (Lipinski definition) is 2. The minimum atomic E-state index is 0.694. The van der Waals surface area contributed by atoms with E-state index >= 15 is 0 Å². The van der Waals surface area contributed by atoms with Gasteiger partial charge in [0.1, 0.15) is 5.65 Å². The summed E-state index contributed by atoms with van der Waals surface area (Å²) >= 11 is 3.47. The molecule has 0 saturated heterocycles. The molecular formula is C16H16BrN3. The number of aryl methyl sites for hydroxylation is 1. The molecule has 2 heterocycles. The molecule has 0 aliphatic heterocycles. The lowest BCUT2D eigenvalue weighted by Gasteiger charge is -2.04. The van der Waals surface area contributed by atoms with E-state index in [4.69, 9.17) is 10.7 Å². The summed E-state index contributed by atoms with van der Waals surface area (Å²) in [5, 5.41) is 0. The third-order valence-electron chi connectivity index (χ3n) is 3.36. The largest absolute Gasteiger partial charge is 0.330 e. The van der Waals surface area contributed by atoms with Crippen LogP contribution in [0.25, 0.3) is 16.9 Å². The summed E-state index contributed by atoms with van der Waals surface area (Å²) < 4.78 is 3.24. The molecule has 0 fully saturated rings. The second kappa shape index (κ2) is 5.77. The van der Waals surface area contributed by atoms with Crippen molar-refractivity contribution in [2.45, 2.75) is 12.8 Å². The Hall–Kier alpha value is -1.65. The number of benzene rings is 1. The van der Waals surface area contributed by atoms with Crippen LogP contribution in [-0.2, 0) is 6.42 Å². The molecule has 2 aromatic heterocycles. The molecule has 102 valence electrons. The Morgan fingerprint density at radius 1 is 1.10 bits per heavy atom. The van der Waals surface area contributed by atoms with Crippen molar-refractivity contribution in [2.24, 2.45) is 5.73 Å². The molecule has 0 amide bonds. The third-order valence-corrected chi connectivity index (χ3v) is 3.89. The van der Waals surface area contributed by atoms with Gasteiger partial charge in [0.25, 0.3) is 0 Å². The van der Waals surface area contributed by atoms with Gasteiger partial charge in [-0.05, 0) is 43.7 Å². The van der Waals surface area contributed by atoms with Crippen molar-refractivity contribution in [1.82, 2.24) is 9.38 Å². The number of aromatic nitrogens is 2. The van der Waals surface area contributed by atoms with E-state index in [9.17, 15) is 0 Å². The maximum atomic E-state index is 5.66. The summed E-state index contributed by atoms with van der Waals surface area (Å²) in [5.41, 5.74) is 10.1.